The first-order valence-electron chi connectivity index (χ1n) is 6.91. The molecule has 0 radical (unpaired) electrons. The van der Waals surface area contributed by atoms with Gasteiger partial charge < -0.3 is 5.32 Å². The molecule has 1 atom stereocenters. The number of nitrogens with one attached hydrogen (secondary N) is 1. The van der Waals surface area contributed by atoms with Crippen molar-refractivity contribution in [3.8, 4) is 0 Å². The third-order valence-corrected chi connectivity index (χ3v) is 4.03. The van der Waals surface area contributed by atoms with E-state index in [1.54, 1.807) is 6.07 Å². The van der Waals surface area contributed by atoms with Crippen molar-refractivity contribution >= 4 is 23.2 Å². The number of rotatable bonds is 6. The van der Waals surface area contributed by atoms with E-state index in [-0.39, 0.29) is 5.82 Å². The van der Waals surface area contributed by atoms with Crippen LogP contribution < -0.4 is 5.32 Å². The molecule has 1 nitrogen and oxygen atoms in total. The predicted octanol–water partition coefficient (Wildman–Crippen LogP) is 4.75. The van der Waals surface area contributed by atoms with Crippen molar-refractivity contribution < 1.29 is 4.39 Å². The van der Waals surface area contributed by atoms with E-state index in [0.717, 1.165) is 30.0 Å². The van der Waals surface area contributed by atoms with E-state index in [1.807, 2.05) is 25.2 Å². The molecule has 0 bridgehead atoms. The molecule has 0 amide bonds. The van der Waals surface area contributed by atoms with Gasteiger partial charge in [0.1, 0.15) is 5.82 Å². The fraction of sp³-hybridized carbons (Fsp3) is 0.294. The first-order chi connectivity index (χ1) is 10.1. The van der Waals surface area contributed by atoms with Crippen LogP contribution in [0.15, 0.2) is 42.5 Å². The molecule has 21 heavy (non-hydrogen) atoms. The van der Waals surface area contributed by atoms with Crippen molar-refractivity contribution in [1.82, 2.24) is 5.32 Å². The summed E-state index contributed by atoms with van der Waals surface area (Å²) in [7, 11) is 1.91. The summed E-state index contributed by atoms with van der Waals surface area (Å²) >= 11 is 12.2. The summed E-state index contributed by atoms with van der Waals surface area (Å²) in [5, 5.41) is 4.54. The summed E-state index contributed by atoms with van der Waals surface area (Å²) in [6.45, 7) is 0.833. The molecule has 0 heterocycles. The molecule has 0 saturated heterocycles. The van der Waals surface area contributed by atoms with E-state index in [1.165, 1.54) is 17.7 Å². The Bertz CT molecular complexity index is 601. The number of hydrogen-bond donors (Lipinski definition) is 1. The standard InChI is InChI=1S/C17H18Cl2FN/c1-21-11-13(7-12-3-2-4-15(18)9-12)8-14-10-16(20)5-6-17(14)19/h2-6,9-10,13,21H,7-8,11H2,1H3. The molecule has 112 valence electrons. The summed E-state index contributed by atoms with van der Waals surface area (Å²) in [5.41, 5.74) is 2.02. The Morgan fingerprint density at radius 3 is 2.62 bits per heavy atom. The SMILES string of the molecule is CNCC(Cc1cccc(Cl)c1)Cc1cc(F)ccc1Cl. The fourth-order valence-corrected chi connectivity index (χ4v) is 2.92. The average molecular weight is 326 g/mol. The van der Waals surface area contributed by atoms with E-state index < -0.39 is 0 Å². The van der Waals surface area contributed by atoms with Gasteiger partial charge >= 0.3 is 0 Å². The lowest BCUT2D eigenvalue weighted by atomic mass is 9.92. The molecule has 0 aromatic heterocycles. The summed E-state index contributed by atoms with van der Waals surface area (Å²) in [4.78, 5) is 0. The van der Waals surface area contributed by atoms with Gasteiger partial charge in [-0.3, -0.25) is 0 Å². The Kier molecular flexibility index (Phi) is 6.04. The normalized spacial score (nSPS) is 12.4. The molecule has 2 rings (SSSR count). The lowest BCUT2D eigenvalue weighted by Gasteiger charge is -2.18. The van der Waals surface area contributed by atoms with Gasteiger partial charge in [-0.05, 0) is 73.8 Å². The minimum Gasteiger partial charge on any atom is -0.319 e. The van der Waals surface area contributed by atoms with Gasteiger partial charge in [-0.25, -0.2) is 4.39 Å². The van der Waals surface area contributed by atoms with Crippen LogP contribution in [0.5, 0.6) is 0 Å². The summed E-state index contributed by atoms with van der Waals surface area (Å²) in [6, 6.07) is 12.4. The fourth-order valence-electron chi connectivity index (χ4n) is 2.51. The monoisotopic (exact) mass is 325 g/mol. The Labute approximate surface area is 135 Å². The van der Waals surface area contributed by atoms with Crippen molar-refractivity contribution in [2.75, 3.05) is 13.6 Å². The van der Waals surface area contributed by atoms with E-state index in [2.05, 4.69) is 11.4 Å². The number of hydrogen-bond acceptors (Lipinski definition) is 1. The van der Waals surface area contributed by atoms with Gasteiger partial charge in [-0.1, -0.05) is 35.3 Å². The molecule has 1 N–H and O–H groups in total. The van der Waals surface area contributed by atoms with E-state index in [0.29, 0.717) is 10.9 Å². The number of benzene rings is 2. The van der Waals surface area contributed by atoms with Crippen LogP contribution in [0.2, 0.25) is 10.0 Å². The highest BCUT2D eigenvalue weighted by molar-refractivity contribution is 6.31. The lowest BCUT2D eigenvalue weighted by molar-refractivity contribution is 0.492. The number of halogens is 3. The molecule has 1 unspecified atom stereocenters. The molecule has 0 aliphatic carbocycles. The van der Waals surface area contributed by atoms with E-state index in [9.17, 15) is 4.39 Å². The first kappa shape index (κ1) is 16.3. The van der Waals surface area contributed by atoms with Crippen LogP contribution in [0.1, 0.15) is 11.1 Å². The van der Waals surface area contributed by atoms with E-state index >= 15 is 0 Å². The molecule has 0 fully saturated rings. The van der Waals surface area contributed by atoms with Crippen LogP contribution in [0.25, 0.3) is 0 Å². The summed E-state index contributed by atoms with van der Waals surface area (Å²) in [6.07, 6.45) is 1.60. The maximum absolute atomic E-state index is 13.4. The van der Waals surface area contributed by atoms with Crippen LogP contribution in [-0.4, -0.2) is 13.6 Å². The van der Waals surface area contributed by atoms with Crippen molar-refractivity contribution in [2.24, 2.45) is 5.92 Å². The van der Waals surface area contributed by atoms with Gasteiger partial charge in [0.2, 0.25) is 0 Å². The van der Waals surface area contributed by atoms with Crippen LogP contribution in [0.3, 0.4) is 0 Å². The third kappa shape index (κ3) is 4.99. The minimum absolute atomic E-state index is 0.250. The van der Waals surface area contributed by atoms with Gasteiger partial charge in [0.25, 0.3) is 0 Å². The maximum Gasteiger partial charge on any atom is 0.123 e. The van der Waals surface area contributed by atoms with Gasteiger partial charge in [-0.15, -0.1) is 0 Å². The highest BCUT2D eigenvalue weighted by Gasteiger charge is 2.13. The van der Waals surface area contributed by atoms with Crippen LogP contribution in [0, 0.1) is 11.7 Å². The van der Waals surface area contributed by atoms with Crippen LogP contribution in [-0.2, 0) is 12.8 Å². The molecule has 0 aliphatic heterocycles. The van der Waals surface area contributed by atoms with Gasteiger partial charge in [-0.2, -0.15) is 0 Å². The summed E-state index contributed by atoms with van der Waals surface area (Å²) < 4.78 is 13.4. The van der Waals surface area contributed by atoms with Gasteiger partial charge in [0, 0.05) is 10.0 Å². The molecule has 0 spiro atoms. The zero-order valence-electron chi connectivity index (χ0n) is 11.9. The molecule has 2 aromatic rings. The third-order valence-electron chi connectivity index (χ3n) is 3.42. The topological polar surface area (TPSA) is 12.0 Å². The molecule has 0 saturated carbocycles. The summed E-state index contributed by atoms with van der Waals surface area (Å²) in [5.74, 6) is 0.0770. The van der Waals surface area contributed by atoms with Crippen molar-refractivity contribution in [3.63, 3.8) is 0 Å². The van der Waals surface area contributed by atoms with Crippen molar-refractivity contribution in [1.29, 1.82) is 0 Å². The van der Waals surface area contributed by atoms with Crippen LogP contribution >= 0.6 is 23.2 Å². The van der Waals surface area contributed by atoms with E-state index in [4.69, 9.17) is 23.2 Å². The quantitative estimate of drug-likeness (QED) is 0.807. The average Bonchev–Trinajstić information content (AvgIpc) is 2.43. The Morgan fingerprint density at radius 2 is 1.90 bits per heavy atom. The highest BCUT2D eigenvalue weighted by atomic mass is 35.5. The Hall–Kier alpha value is -1.09. The van der Waals surface area contributed by atoms with Gasteiger partial charge in [0.05, 0.1) is 0 Å². The molecule has 2 aromatic carbocycles. The zero-order chi connectivity index (χ0) is 15.2. The second-order valence-corrected chi connectivity index (χ2v) is 6.04. The zero-order valence-corrected chi connectivity index (χ0v) is 13.4. The molecular formula is C17H18Cl2FN. The van der Waals surface area contributed by atoms with Crippen molar-refractivity contribution in [2.45, 2.75) is 12.8 Å². The second kappa shape index (κ2) is 7.79. The second-order valence-electron chi connectivity index (χ2n) is 5.20. The predicted molar refractivity (Wildman–Crippen MR) is 87.7 cm³/mol. The van der Waals surface area contributed by atoms with Gasteiger partial charge in [0.15, 0.2) is 0 Å². The smallest absolute Gasteiger partial charge is 0.123 e. The Morgan fingerprint density at radius 1 is 1.10 bits per heavy atom. The molecule has 0 aliphatic rings. The first-order valence-corrected chi connectivity index (χ1v) is 7.67. The van der Waals surface area contributed by atoms with Crippen LogP contribution in [0.4, 0.5) is 4.39 Å². The largest absolute Gasteiger partial charge is 0.319 e. The molecular weight excluding hydrogens is 308 g/mol. The maximum atomic E-state index is 13.4. The highest BCUT2D eigenvalue weighted by Crippen LogP contribution is 2.23. The Balaban J connectivity index is 2.13. The molecule has 4 heteroatoms. The minimum atomic E-state index is -0.250. The lowest BCUT2D eigenvalue weighted by Crippen LogP contribution is -2.23. The van der Waals surface area contributed by atoms with Crippen molar-refractivity contribution in [3.05, 3.63) is 69.5 Å².